The van der Waals surface area contributed by atoms with E-state index in [1.807, 2.05) is 32.0 Å². The monoisotopic (exact) mass is 320 g/mol. The van der Waals surface area contributed by atoms with Gasteiger partial charge in [-0.15, -0.1) is 0 Å². The molecule has 1 atom stereocenters. The van der Waals surface area contributed by atoms with Gasteiger partial charge in [-0.1, -0.05) is 32.9 Å². The number of hydrogen-bond donors (Lipinski definition) is 2. The van der Waals surface area contributed by atoms with E-state index in [1.54, 1.807) is 6.92 Å². The first kappa shape index (κ1) is 19.0. The standard InChI is InChI=1S/C18H28N2O3/c1-6-9-19-18(22)14(5)20-17(21)11-23-16-10-13(4)7-8-15(16)12(2)3/h7-8,10,12,14H,6,9,11H2,1-5H3,(H,19,22)(H,20,21). The molecule has 1 unspecified atom stereocenters. The lowest BCUT2D eigenvalue weighted by Crippen LogP contribution is -2.46. The predicted octanol–water partition coefficient (Wildman–Crippen LogP) is 2.53. The first-order chi connectivity index (χ1) is 10.8. The fourth-order valence-corrected chi connectivity index (χ4v) is 2.14. The molecule has 0 bridgehead atoms. The van der Waals surface area contributed by atoms with E-state index in [2.05, 4.69) is 24.5 Å². The van der Waals surface area contributed by atoms with Gasteiger partial charge in [0.1, 0.15) is 11.8 Å². The largest absolute Gasteiger partial charge is 0.483 e. The quantitative estimate of drug-likeness (QED) is 0.773. The number of hydrogen-bond acceptors (Lipinski definition) is 3. The third-order valence-electron chi connectivity index (χ3n) is 3.47. The van der Waals surface area contributed by atoms with Gasteiger partial charge in [0.25, 0.3) is 5.91 Å². The summed E-state index contributed by atoms with van der Waals surface area (Å²) in [5, 5.41) is 5.39. The summed E-state index contributed by atoms with van der Waals surface area (Å²) >= 11 is 0. The molecule has 5 nitrogen and oxygen atoms in total. The van der Waals surface area contributed by atoms with Crippen molar-refractivity contribution < 1.29 is 14.3 Å². The van der Waals surface area contributed by atoms with Crippen LogP contribution < -0.4 is 15.4 Å². The lowest BCUT2D eigenvalue weighted by atomic mass is 10.0. The SMILES string of the molecule is CCCNC(=O)C(C)NC(=O)COc1cc(C)ccc1C(C)C. The number of aryl methyl sites for hydroxylation is 1. The highest BCUT2D eigenvalue weighted by Crippen LogP contribution is 2.27. The second-order valence-electron chi connectivity index (χ2n) is 6.06. The molecular weight excluding hydrogens is 292 g/mol. The maximum Gasteiger partial charge on any atom is 0.258 e. The summed E-state index contributed by atoms with van der Waals surface area (Å²) in [5.41, 5.74) is 2.15. The molecule has 0 radical (unpaired) electrons. The van der Waals surface area contributed by atoms with E-state index in [9.17, 15) is 9.59 Å². The second kappa shape index (κ2) is 9.18. The molecule has 1 rings (SSSR count). The van der Waals surface area contributed by atoms with Crippen LogP contribution in [0.1, 0.15) is 51.2 Å². The smallest absolute Gasteiger partial charge is 0.258 e. The molecule has 23 heavy (non-hydrogen) atoms. The van der Waals surface area contributed by atoms with Crippen LogP contribution >= 0.6 is 0 Å². The van der Waals surface area contributed by atoms with E-state index in [-0.39, 0.29) is 18.4 Å². The Bertz CT molecular complexity index is 541. The zero-order valence-electron chi connectivity index (χ0n) is 14.7. The first-order valence-corrected chi connectivity index (χ1v) is 8.15. The van der Waals surface area contributed by atoms with Crippen LogP contribution in [-0.2, 0) is 9.59 Å². The summed E-state index contributed by atoms with van der Waals surface area (Å²) in [7, 11) is 0. The van der Waals surface area contributed by atoms with Crippen molar-refractivity contribution in [2.24, 2.45) is 0 Å². The Kier molecular flexibility index (Phi) is 7.59. The van der Waals surface area contributed by atoms with Gasteiger partial charge in [0.2, 0.25) is 5.91 Å². The molecule has 0 fully saturated rings. The molecule has 1 aromatic carbocycles. The molecule has 5 heteroatoms. The van der Waals surface area contributed by atoms with Gasteiger partial charge in [-0.2, -0.15) is 0 Å². The average molecular weight is 320 g/mol. The molecule has 0 heterocycles. The van der Waals surface area contributed by atoms with Gasteiger partial charge < -0.3 is 15.4 Å². The fraction of sp³-hybridized carbons (Fsp3) is 0.556. The van der Waals surface area contributed by atoms with Crippen LogP contribution in [-0.4, -0.2) is 31.0 Å². The Balaban J connectivity index is 2.56. The number of carbonyl (C=O) groups is 2. The van der Waals surface area contributed by atoms with Crippen molar-refractivity contribution in [1.82, 2.24) is 10.6 Å². The van der Waals surface area contributed by atoms with Gasteiger partial charge in [0.05, 0.1) is 0 Å². The molecule has 0 spiro atoms. The highest BCUT2D eigenvalue weighted by molar-refractivity contribution is 5.87. The van der Waals surface area contributed by atoms with Gasteiger partial charge in [-0.3, -0.25) is 9.59 Å². The number of carbonyl (C=O) groups excluding carboxylic acids is 2. The summed E-state index contributed by atoms with van der Waals surface area (Å²) in [5.74, 6) is 0.546. The fourth-order valence-electron chi connectivity index (χ4n) is 2.14. The lowest BCUT2D eigenvalue weighted by Gasteiger charge is -2.16. The van der Waals surface area contributed by atoms with E-state index < -0.39 is 6.04 Å². The van der Waals surface area contributed by atoms with E-state index in [4.69, 9.17) is 4.74 Å². The van der Waals surface area contributed by atoms with Crippen molar-refractivity contribution in [1.29, 1.82) is 0 Å². The molecule has 0 saturated heterocycles. The van der Waals surface area contributed by atoms with Gasteiger partial charge in [0, 0.05) is 6.54 Å². The molecule has 0 aliphatic carbocycles. The van der Waals surface area contributed by atoms with Gasteiger partial charge in [-0.05, 0) is 43.4 Å². The minimum absolute atomic E-state index is 0.103. The normalized spacial score (nSPS) is 11.9. The van der Waals surface area contributed by atoms with Crippen molar-refractivity contribution in [3.63, 3.8) is 0 Å². The van der Waals surface area contributed by atoms with Crippen LogP contribution in [0, 0.1) is 6.92 Å². The van der Waals surface area contributed by atoms with Crippen molar-refractivity contribution in [2.45, 2.75) is 53.0 Å². The van der Waals surface area contributed by atoms with Crippen LogP contribution in [0.2, 0.25) is 0 Å². The summed E-state index contributed by atoms with van der Waals surface area (Å²) in [6, 6.07) is 5.41. The average Bonchev–Trinajstić information content (AvgIpc) is 2.50. The highest BCUT2D eigenvalue weighted by atomic mass is 16.5. The number of nitrogens with one attached hydrogen (secondary N) is 2. The number of rotatable bonds is 8. The van der Waals surface area contributed by atoms with Gasteiger partial charge in [-0.25, -0.2) is 0 Å². The summed E-state index contributed by atoms with van der Waals surface area (Å²) in [4.78, 5) is 23.7. The van der Waals surface area contributed by atoms with Crippen LogP contribution in [0.4, 0.5) is 0 Å². The molecule has 2 N–H and O–H groups in total. The predicted molar refractivity (Wildman–Crippen MR) is 91.7 cm³/mol. The zero-order chi connectivity index (χ0) is 17.4. The van der Waals surface area contributed by atoms with Gasteiger partial charge >= 0.3 is 0 Å². The molecule has 2 amide bonds. The molecule has 128 valence electrons. The minimum Gasteiger partial charge on any atom is -0.483 e. The molecule has 0 aliphatic rings. The highest BCUT2D eigenvalue weighted by Gasteiger charge is 2.16. The molecule has 0 aliphatic heterocycles. The topological polar surface area (TPSA) is 67.4 Å². The van der Waals surface area contributed by atoms with E-state index in [1.165, 1.54) is 0 Å². The van der Waals surface area contributed by atoms with E-state index in [0.29, 0.717) is 12.5 Å². The molecule has 0 aromatic heterocycles. The Labute approximate surface area is 138 Å². The number of ether oxygens (including phenoxy) is 1. The van der Waals surface area contributed by atoms with Gasteiger partial charge in [0.15, 0.2) is 6.61 Å². The minimum atomic E-state index is -0.570. The summed E-state index contributed by atoms with van der Waals surface area (Å²) in [6.45, 7) is 10.3. The summed E-state index contributed by atoms with van der Waals surface area (Å²) in [6.07, 6.45) is 0.862. The van der Waals surface area contributed by atoms with Crippen molar-refractivity contribution in [2.75, 3.05) is 13.2 Å². The van der Waals surface area contributed by atoms with Crippen LogP contribution in [0.15, 0.2) is 18.2 Å². The van der Waals surface area contributed by atoms with E-state index >= 15 is 0 Å². The lowest BCUT2D eigenvalue weighted by molar-refractivity contribution is -0.129. The van der Waals surface area contributed by atoms with Crippen molar-refractivity contribution >= 4 is 11.8 Å². The number of benzene rings is 1. The third-order valence-corrected chi connectivity index (χ3v) is 3.47. The second-order valence-corrected chi connectivity index (χ2v) is 6.06. The molecular formula is C18H28N2O3. The Morgan fingerprint density at radius 1 is 1.22 bits per heavy atom. The Morgan fingerprint density at radius 3 is 2.52 bits per heavy atom. The Hall–Kier alpha value is -2.04. The van der Waals surface area contributed by atoms with Crippen LogP contribution in [0.25, 0.3) is 0 Å². The third kappa shape index (κ3) is 6.30. The maximum atomic E-state index is 12.0. The first-order valence-electron chi connectivity index (χ1n) is 8.15. The van der Waals surface area contributed by atoms with E-state index in [0.717, 1.165) is 23.3 Å². The molecule has 0 saturated carbocycles. The summed E-state index contributed by atoms with van der Waals surface area (Å²) < 4.78 is 5.66. The Morgan fingerprint density at radius 2 is 1.91 bits per heavy atom. The maximum absolute atomic E-state index is 12.0. The number of amides is 2. The van der Waals surface area contributed by atoms with Crippen molar-refractivity contribution in [3.8, 4) is 5.75 Å². The molecule has 1 aromatic rings. The van der Waals surface area contributed by atoms with Crippen LogP contribution in [0.3, 0.4) is 0 Å². The van der Waals surface area contributed by atoms with Crippen molar-refractivity contribution in [3.05, 3.63) is 29.3 Å². The van der Waals surface area contributed by atoms with Crippen LogP contribution in [0.5, 0.6) is 5.75 Å². The zero-order valence-corrected chi connectivity index (χ0v) is 14.7.